The Balaban J connectivity index is 2.18. The van der Waals surface area contributed by atoms with Gasteiger partial charge in [0.15, 0.2) is 0 Å². The van der Waals surface area contributed by atoms with Gasteiger partial charge < -0.3 is 0 Å². The third-order valence-electron chi connectivity index (χ3n) is 3.35. The van der Waals surface area contributed by atoms with Crippen LogP contribution in [0.15, 0.2) is 35.3 Å². The average molecular weight is 360 g/mol. The van der Waals surface area contributed by atoms with Crippen LogP contribution < -0.4 is 4.90 Å². The molecule has 0 saturated heterocycles. The van der Waals surface area contributed by atoms with Crippen LogP contribution in [0.4, 0.5) is 5.69 Å². The zero-order chi connectivity index (χ0) is 15.6. The number of amidine groups is 1. The molecule has 1 aliphatic heterocycles. The van der Waals surface area contributed by atoms with Crippen molar-refractivity contribution in [3.05, 3.63) is 30.3 Å². The minimum atomic E-state index is -1.61. The molecule has 0 aromatic heterocycles. The molecular formula is C13H17N2O5Se. The molecule has 1 radical (unpaired) electrons. The summed E-state index contributed by atoms with van der Waals surface area (Å²) in [7, 11) is 0. The fourth-order valence-corrected chi connectivity index (χ4v) is 2.87. The van der Waals surface area contributed by atoms with Crippen molar-refractivity contribution >= 4 is 26.4 Å². The Morgan fingerprint density at radius 2 is 1.81 bits per heavy atom. The fourth-order valence-electron chi connectivity index (χ4n) is 2.16. The molecule has 0 spiro atoms. The van der Waals surface area contributed by atoms with Crippen LogP contribution in [0.5, 0.6) is 0 Å². The molecule has 5 N–H and O–H groups in total. The molecule has 1 heterocycles. The monoisotopic (exact) mass is 361 g/mol. The zero-order valence-electron chi connectivity index (χ0n) is 11.0. The first-order valence-corrected chi connectivity index (χ1v) is 7.25. The molecule has 5 atom stereocenters. The summed E-state index contributed by atoms with van der Waals surface area (Å²) in [6.07, 6.45) is -5.82. The number of hydrogen-bond acceptors (Lipinski definition) is 7. The van der Waals surface area contributed by atoms with E-state index < -0.39 is 37.2 Å². The molecule has 0 bridgehead atoms. The van der Waals surface area contributed by atoms with E-state index in [2.05, 4.69) is 21.0 Å². The molecule has 0 amide bonds. The van der Waals surface area contributed by atoms with Gasteiger partial charge in [-0.25, -0.2) is 0 Å². The summed E-state index contributed by atoms with van der Waals surface area (Å²) in [5.74, 6) is 0. The Hall–Kier alpha value is -0.991. The maximum absolute atomic E-state index is 10.3. The van der Waals surface area contributed by atoms with E-state index in [1.54, 1.807) is 24.3 Å². The molecule has 0 fully saturated rings. The summed E-state index contributed by atoms with van der Waals surface area (Å²) in [5.41, 5.74) is 0.675. The number of nitrogens with zero attached hydrogens (tertiary/aromatic N) is 2. The third-order valence-corrected chi connectivity index (χ3v) is 3.98. The van der Waals surface area contributed by atoms with Crippen LogP contribution in [0.3, 0.4) is 0 Å². The van der Waals surface area contributed by atoms with Crippen LogP contribution in [0.1, 0.15) is 0 Å². The number of para-hydroxylation sites is 1. The van der Waals surface area contributed by atoms with Crippen molar-refractivity contribution in [2.24, 2.45) is 4.99 Å². The summed E-state index contributed by atoms with van der Waals surface area (Å²) >= 11 is 2.70. The van der Waals surface area contributed by atoms with Crippen LogP contribution >= 0.6 is 0 Å². The third kappa shape index (κ3) is 3.27. The summed E-state index contributed by atoms with van der Waals surface area (Å²) in [4.78, 5) is 5.58. The predicted octanol–water partition coefficient (Wildman–Crippen LogP) is -2.21. The normalized spacial score (nSPS) is 26.3. The maximum atomic E-state index is 10.3. The van der Waals surface area contributed by atoms with Gasteiger partial charge >= 0.3 is 129 Å². The SMILES string of the molecule is OC[C@@H](O)[C@@H](O)[C@H](O)[C@H]1N=C([Se])N(c2ccccc2)[C@@H]1O. The second kappa shape index (κ2) is 6.85. The van der Waals surface area contributed by atoms with Gasteiger partial charge in [0.25, 0.3) is 0 Å². The van der Waals surface area contributed by atoms with E-state index in [4.69, 9.17) is 5.11 Å². The molecule has 0 saturated carbocycles. The zero-order valence-corrected chi connectivity index (χ0v) is 12.7. The Labute approximate surface area is 130 Å². The van der Waals surface area contributed by atoms with Crippen molar-refractivity contribution in [1.29, 1.82) is 0 Å². The van der Waals surface area contributed by atoms with E-state index >= 15 is 0 Å². The molecule has 1 aromatic carbocycles. The predicted molar refractivity (Wildman–Crippen MR) is 77.0 cm³/mol. The number of aliphatic hydroxyl groups excluding tert-OH is 5. The second-order valence-electron chi connectivity index (χ2n) is 4.75. The van der Waals surface area contributed by atoms with Gasteiger partial charge in [-0.15, -0.1) is 0 Å². The minimum absolute atomic E-state index is 0.364. The molecule has 21 heavy (non-hydrogen) atoms. The standard InChI is InChI=1S/C13H17N2O5Se/c16-6-8(17)10(18)11(19)9-12(20)15(13(21)14-9)7-4-2-1-3-5-7/h1-5,8-12,16-20H,6H2/t8-,9-,10-,11-,12-/m1/s1. The van der Waals surface area contributed by atoms with Gasteiger partial charge in [-0.3, -0.25) is 0 Å². The molecule has 1 aliphatic rings. The van der Waals surface area contributed by atoms with E-state index in [1.165, 1.54) is 4.90 Å². The van der Waals surface area contributed by atoms with Crippen molar-refractivity contribution in [1.82, 2.24) is 0 Å². The van der Waals surface area contributed by atoms with Gasteiger partial charge in [0.2, 0.25) is 0 Å². The molecule has 7 nitrogen and oxygen atoms in total. The van der Waals surface area contributed by atoms with Crippen LogP contribution in [0.25, 0.3) is 0 Å². The number of benzene rings is 1. The Morgan fingerprint density at radius 3 is 2.38 bits per heavy atom. The number of aliphatic hydroxyl groups is 5. The number of anilines is 1. The van der Waals surface area contributed by atoms with Crippen molar-refractivity contribution in [2.75, 3.05) is 11.5 Å². The van der Waals surface area contributed by atoms with Gasteiger partial charge in [-0.2, -0.15) is 0 Å². The van der Waals surface area contributed by atoms with Crippen LogP contribution in [0.2, 0.25) is 0 Å². The van der Waals surface area contributed by atoms with E-state index in [0.29, 0.717) is 10.4 Å². The van der Waals surface area contributed by atoms with E-state index in [1.807, 2.05) is 6.07 Å². The topological polar surface area (TPSA) is 117 Å². The van der Waals surface area contributed by atoms with E-state index in [-0.39, 0.29) is 0 Å². The first-order valence-electron chi connectivity index (χ1n) is 6.39. The van der Waals surface area contributed by atoms with Gasteiger partial charge in [-0.05, 0) is 0 Å². The van der Waals surface area contributed by atoms with Crippen LogP contribution in [-0.2, 0) is 0 Å². The average Bonchev–Trinajstić information content (AvgIpc) is 2.80. The van der Waals surface area contributed by atoms with Crippen molar-refractivity contribution in [2.45, 2.75) is 30.6 Å². The van der Waals surface area contributed by atoms with Crippen LogP contribution in [-0.4, -0.2) is 83.5 Å². The Kier molecular flexibility index (Phi) is 5.34. The van der Waals surface area contributed by atoms with Gasteiger partial charge in [0, 0.05) is 0 Å². The van der Waals surface area contributed by atoms with E-state index in [0.717, 1.165) is 0 Å². The fraction of sp³-hybridized carbons (Fsp3) is 0.462. The first kappa shape index (κ1) is 16.4. The van der Waals surface area contributed by atoms with Gasteiger partial charge in [0.05, 0.1) is 0 Å². The molecule has 0 aliphatic carbocycles. The summed E-state index contributed by atoms with van der Waals surface area (Å²) < 4.78 is 0.364. The van der Waals surface area contributed by atoms with Gasteiger partial charge in [-0.1, -0.05) is 0 Å². The number of rotatable bonds is 5. The second-order valence-corrected chi connectivity index (χ2v) is 5.52. The molecule has 115 valence electrons. The van der Waals surface area contributed by atoms with Crippen molar-refractivity contribution in [3.63, 3.8) is 0 Å². The number of aliphatic imine (C=N–C) groups is 1. The molecular weight excluding hydrogens is 343 g/mol. The molecule has 0 unspecified atom stereocenters. The summed E-state index contributed by atoms with van der Waals surface area (Å²) in [5, 5.41) is 48.3. The van der Waals surface area contributed by atoms with Crippen LogP contribution in [0, 0.1) is 0 Å². The van der Waals surface area contributed by atoms with E-state index in [9.17, 15) is 20.4 Å². The molecule has 2 rings (SSSR count). The van der Waals surface area contributed by atoms with Crippen molar-refractivity contribution in [3.8, 4) is 0 Å². The number of hydrogen-bond donors (Lipinski definition) is 5. The summed E-state index contributed by atoms with van der Waals surface area (Å²) in [6, 6.07) is 7.91. The van der Waals surface area contributed by atoms with Crippen molar-refractivity contribution < 1.29 is 25.5 Å². The quantitative estimate of drug-likeness (QED) is 0.381. The molecule has 1 aromatic rings. The van der Waals surface area contributed by atoms with Gasteiger partial charge in [0.1, 0.15) is 0 Å². The molecule has 8 heteroatoms. The Bertz CT molecular complexity index is 501. The first-order chi connectivity index (χ1) is 9.97. The summed E-state index contributed by atoms with van der Waals surface area (Å²) in [6.45, 7) is -0.696. The Morgan fingerprint density at radius 1 is 1.19 bits per heavy atom.